The fourth-order valence-electron chi connectivity index (χ4n) is 1.80. The van der Waals surface area contributed by atoms with Gasteiger partial charge in [0.2, 0.25) is 11.6 Å². The van der Waals surface area contributed by atoms with E-state index in [9.17, 15) is 10.1 Å². The molecule has 92 valence electrons. The second-order valence-electron chi connectivity index (χ2n) is 3.82. The molecule has 0 amide bonds. The molecule has 2 N–H and O–H groups in total. The van der Waals surface area contributed by atoms with Gasteiger partial charge >= 0.3 is 5.69 Å². The maximum absolute atomic E-state index is 11.0. The minimum absolute atomic E-state index is 0.0779. The van der Waals surface area contributed by atoms with Crippen molar-refractivity contribution in [2.45, 2.75) is 12.2 Å². The Balaban J connectivity index is 2.37. The molecule has 1 atom stereocenters. The third-order valence-electron chi connectivity index (χ3n) is 2.55. The van der Waals surface area contributed by atoms with E-state index >= 15 is 0 Å². The first-order chi connectivity index (χ1) is 8.09. The molecule has 1 aromatic heterocycles. The third-order valence-corrected chi connectivity index (χ3v) is 3.69. The van der Waals surface area contributed by atoms with Gasteiger partial charge in [-0.25, -0.2) is 9.97 Å². The van der Waals surface area contributed by atoms with Crippen LogP contribution in [-0.2, 0) is 0 Å². The van der Waals surface area contributed by atoms with Crippen LogP contribution in [-0.4, -0.2) is 39.0 Å². The zero-order valence-corrected chi connectivity index (χ0v) is 10.2. The first-order valence-electron chi connectivity index (χ1n) is 5.21. The van der Waals surface area contributed by atoms with Crippen LogP contribution in [0.15, 0.2) is 6.33 Å². The summed E-state index contributed by atoms with van der Waals surface area (Å²) in [5.41, 5.74) is 5.35. The van der Waals surface area contributed by atoms with Gasteiger partial charge in [-0.3, -0.25) is 10.1 Å². The van der Waals surface area contributed by atoms with Gasteiger partial charge in [0.05, 0.1) is 4.92 Å². The molecule has 1 saturated heterocycles. The van der Waals surface area contributed by atoms with Gasteiger partial charge in [-0.2, -0.15) is 11.8 Å². The van der Waals surface area contributed by atoms with Crippen LogP contribution >= 0.6 is 11.8 Å². The van der Waals surface area contributed by atoms with Crippen molar-refractivity contribution in [2.24, 2.45) is 0 Å². The third kappa shape index (κ3) is 2.41. The molecule has 1 aliphatic rings. The number of rotatable bonds is 2. The van der Waals surface area contributed by atoms with Crippen molar-refractivity contribution in [3.05, 3.63) is 16.4 Å². The van der Waals surface area contributed by atoms with E-state index in [1.807, 2.05) is 16.7 Å². The van der Waals surface area contributed by atoms with Crippen LogP contribution in [0.1, 0.15) is 6.92 Å². The summed E-state index contributed by atoms with van der Waals surface area (Å²) in [6.07, 6.45) is 1.27. The highest BCUT2D eigenvalue weighted by atomic mass is 32.2. The lowest BCUT2D eigenvalue weighted by Gasteiger charge is -2.30. The standard InChI is InChI=1S/C9H13N5O2S/c1-6-4-13(2-3-17-6)9-7(14(15)16)8(10)11-5-12-9/h5-6H,2-4H2,1H3,(H2,10,11,12). The molecule has 0 bridgehead atoms. The highest BCUT2D eigenvalue weighted by Crippen LogP contribution is 2.32. The van der Waals surface area contributed by atoms with Crippen LogP contribution in [0.2, 0.25) is 0 Å². The van der Waals surface area contributed by atoms with Gasteiger partial charge in [0, 0.05) is 24.1 Å². The summed E-state index contributed by atoms with van der Waals surface area (Å²) in [6.45, 7) is 3.57. The Hall–Kier alpha value is -1.57. The van der Waals surface area contributed by atoms with Crippen LogP contribution in [0.3, 0.4) is 0 Å². The molecule has 0 spiro atoms. The molecule has 0 radical (unpaired) electrons. The molecule has 17 heavy (non-hydrogen) atoms. The lowest BCUT2D eigenvalue weighted by molar-refractivity contribution is -0.383. The Morgan fingerprint density at radius 3 is 3.06 bits per heavy atom. The average Bonchev–Trinajstić information content (AvgIpc) is 2.28. The Labute approximate surface area is 103 Å². The quantitative estimate of drug-likeness (QED) is 0.619. The average molecular weight is 255 g/mol. The van der Waals surface area contributed by atoms with E-state index in [1.54, 1.807) is 0 Å². The zero-order valence-electron chi connectivity index (χ0n) is 9.37. The number of nitrogen functional groups attached to an aromatic ring is 1. The fraction of sp³-hybridized carbons (Fsp3) is 0.556. The molecule has 2 heterocycles. The minimum Gasteiger partial charge on any atom is -0.378 e. The molecule has 1 aromatic rings. The summed E-state index contributed by atoms with van der Waals surface area (Å²) < 4.78 is 0. The van der Waals surface area contributed by atoms with Gasteiger partial charge in [-0.15, -0.1) is 0 Å². The first-order valence-corrected chi connectivity index (χ1v) is 6.26. The number of aromatic nitrogens is 2. The Kier molecular flexibility index (Phi) is 3.32. The molecule has 1 fully saturated rings. The number of nitrogens with zero attached hydrogens (tertiary/aromatic N) is 4. The Morgan fingerprint density at radius 2 is 2.41 bits per heavy atom. The minimum atomic E-state index is -0.517. The van der Waals surface area contributed by atoms with Gasteiger partial charge in [-0.1, -0.05) is 6.92 Å². The van der Waals surface area contributed by atoms with E-state index in [0.717, 1.165) is 18.8 Å². The zero-order chi connectivity index (χ0) is 12.4. The maximum Gasteiger partial charge on any atom is 0.353 e. The molecule has 8 heteroatoms. The summed E-state index contributed by atoms with van der Waals surface area (Å²) in [6, 6.07) is 0. The van der Waals surface area contributed by atoms with E-state index in [-0.39, 0.29) is 11.5 Å². The maximum atomic E-state index is 11.0. The normalized spacial score (nSPS) is 20.3. The number of nitro groups is 1. The highest BCUT2D eigenvalue weighted by Gasteiger charge is 2.28. The van der Waals surface area contributed by atoms with Crippen LogP contribution < -0.4 is 10.6 Å². The molecule has 0 aromatic carbocycles. The highest BCUT2D eigenvalue weighted by molar-refractivity contribution is 8.00. The largest absolute Gasteiger partial charge is 0.378 e. The second-order valence-corrected chi connectivity index (χ2v) is 5.36. The van der Waals surface area contributed by atoms with E-state index in [1.165, 1.54) is 6.33 Å². The van der Waals surface area contributed by atoms with Crippen molar-refractivity contribution in [1.82, 2.24) is 9.97 Å². The lowest BCUT2D eigenvalue weighted by Crippen LogP contribution is -2.37. The smallest absolute Gasteiger partial charge is 0.353 e. The van der Waals surface area contributed by atoms with Crippen LogP contribution in [0.5, 0.6) is 0 Å². The molecule has 1 aliphatic heterocycles. The summed E-state index contributed by atoms with van der Waals surface area (Å²) in [7, 11) is 0. The van der Waals surface area contributed by atoms with Crippen molar-refractivity contribution in [3.63, 3.8) is 0 Å². The number of nitrogens with two attached hydrogens (primary N) is 1. The molecule has 2 rings (SSSR count). The van der Waals surface area contributed by atoms with E-state index in [0.29, 0.717) is 11.1 Å². The van der Waals surface area contributed by atoms with Crippen molar-refractivity contribution < 1.29 is 4.92 Å². The fourth-order valence-corrected chi connectivity index (χ4v) is 2.81. The molecule has 7 nitrogen and oxygen atoms in total. The van der Waals surface area contributed by atoms with Gasteiger partial charge in [-0.05, 0) is 0 Å². The van der Waals surface area contributed by atoms with E-state index in [4.69, 9.17) is 5.73 Å². The topological polar surface area (TPSA) is 98.2 Å². The monoisotopic (exact) mass is 255 g/mol. The van der Waals surface area contributed by atoms with Gasteiger partial charge in [0.15, 0.2) is 0 Å². The molecular formula is C9H13N5O2S. The summed E-state index contributed by atoms with van der Waals surface area (Å²) in [5.74, 6) is 1.18. The molecule has 0 aliphatic carbocycles. The Morgan fingerprint density at radius 1 is 1.65 bits per heavy atom. The number of anilines is 2. The number of hydrogen-bond acceptors (Lipinski definition) is 7. The van der Waals surface area contributed by atoms with E-state index < -0.39 is 4.92 Å². The number of hydrogen-bond donors (Lipinski definition) is 1. The first kappa shape index (κ1) is 11.9. The van der Waals surface area contributed by atoms with Crippen molar-refractivity contribution in [2.75, 3.05) is 29.5 Å². The Bertz CT molecular complexity index is 441. The second kappa shape index (κ2) is 4.74. The van der Waals surface area contributed by atoms with Gasteiger partial charge in [0.1, 0.15) is 6.33 Å². The van der Waals surface area contributed by atoms with Gasteiger partial charge < -0.3 is 10.6 Å². The lowest BCUT2D eigenvalue weighted by atomic mass is 10.3. The van der Waals surface area contributed by atoms with Crippen molar-refractivity contribution in [1.29, 1.82) is 0 Å². The van der Waals surface area contributed by atoms with E-state index in [2.05, 4.69) is 16.9 Å². The number of thioether (sulfide) groups is 1. The molecule has 0 saturated carbocycles. The molecular weight excluding hydrogens is 242 g/mol. The molecule has 1 unspecified atom stereocenters. The van der Waals surface area contributed by atoms with Gasteiger partial charge in [0.25, 0.3) is 0 Å². The van der Waals surface area contributed by atoms with Crippen molar-refractivity contribution in [3.8, 4) is 0 Å². The van der Waals surface area contributed by atoms with Crippen LogP contribution in [0.4, 0.5) is 17.3 Å². The van der Waals surface area contributed by atoms with Crippen LogP contribution in [0.25, 0.3) is 0 Å². The summed E-state index contributed by atoms with van der Waals surface area (Å²) in [5, 5.41) is 11.4. The van der Waals surface area contributed by atoms with Crippen molar-refractivity contribution >= 4 is 29.1 Å². The summed E-state index contributed by atoms with van der Waals surface area (Å²) >= 11 is 1.85. The predicted octanol–water partition coefficient (Wildman–Crippen LogP) is 0.909. The predicted molar refractivity (Wildman–Crippen MR) is 67.2 cm³/mol. The summed E-state index contributed by atoms with van der Waals surface area (Å²) in [4.78, 5) is 20.0. The SMILES string of the molecule is CC1CN(c2ncnc(N)c2[N+](=O)[O-])CCS1. The van der Waals surface area contributed by atoms with Crippen LogP contribution in [0, 0.1) is 10.1 Å².